The maximum Gasteiger partial charge on any atom is 0.225 e. The first kappa shape index (κ1) is 16.0. The van der Waals surface area contributed by atoms with Gasteiger partial charge in [0.05, 0.1) is 5.69 Å². The van der Waals surface area contributed by atoms with Gasteiger partial charge in [0, 0.05) is 51.3 Å². The lowest BCUT2D eigenvalue weighted by Gasteiger charge is -2.35. The number of rotatable bonds is 4. The summed E-state index contributed by atoms with van der Waals surface area (Å²) in [4.78, 5) is 28.3. The van der Waals surface area contributed by atoms with Crippen LogP contribution in [0.4, 0.5) is 0 Å². The molecule has 2 aliphatic rings. The molecule has 0 unspecified atom stereocenters. The Morgan fingerprint density at radius 2 is 1.70 bits per heavy atom. The van der Waals surface area contributed by atoms with Crippen LogP contribution in [0.5, 0.6) is 0 Å². The van der Waals surface area contributed by atoms with Crippen LogP contribution in [0.25, 0.3) is 0 Å². The Balaban J connectivity index is 1.48. The van der Waals surface area contributed by atoms with E-state index in [-0.39, 0.29) is 11.8 Å². The predicted octanol–water partition coefficient (Wildman–Crippen LogP) is 1.05. The van der Waals surface area contributed by atoms with Crippen LogP contribution in [0.3, 0.4) is 0 Å². The molecule has 0 atom stereocenters. The molecular weight excluding hydrogens is 292 g/mol. The minimum Gasteiger partial charge on any atom is -0.339 e. The molecule has 0 bridgehead atoms. The highest BCUT2D eigenvalue weighted by Crippen LogP contribution is 2.31. The predicted molar refractivity (Wildman–Crippen MR) is 86.9 cm³/mol. The molecule has 2 amide bonds. The molecule has 1 saturated heterocycles. The lowest BCUT2D eigenvalue weighted by Crippen LogP contribution is -2.51. The van der Waals surface area contributed by atoms with Gasteiger partial charge >= 0.3 is 0 Å². The van der Waals surface area contributed by atoms with Crippen molar-refractivity contribution >= 4 is 11.8 Å². The van der Waals surface area contributed by atoms with E-state index in [0.717, 1.165) is 30.7 Å². The number of carbonyl (C=O) groups is 2. The van der Waals surface area contributed by atoms with Gasteiger partial charge in [0.1, 0.15) is 0 Å². The van der Waals surface area contributed by atoms with Gasteiger partial charge in [-0.05, 0) is 38.7 Å². The molecule has 0 aromatic carbocycles. The molecule has 1 aromatic rings. The van der Waals surface area contributed by atoms with Crippen molar-refractivity contribution in [3.8, 4) is 0 Å². The van der Waals surface area contributed by atoms with Crippen LogP contribution < -0.4 is 0 Å². The maximum atomic E-state index is 12.4. The van der Waals surface area contributed by atoms with Crippen molar-refractivity contribution in [2.45, 2.75) is 39.5 Å². The highest BCUT2D eigenvalue weighted by molar-refractivity contribution is 5.82. The van der Waals surface area contributed by atoms with Crippen molar-refractivity contribution in [1.82, 2.24) is 19.6 Å². The topological polar surface area (TPSA) is 58.4 Å². The van der Waals surface area contributed by atoms with Gasteiger partial charge in [0.2, 0.25) is 11.8 Å². The van der Waals surface area contributed by atoms with Crippen LogP contribution in [0.1, 0.15) is 36.2 Å². The lowest BCUT2D eigenvalue weighted by molar-refractivity contribution is -0.140. The van der Waals surface area contributed by atoms with Gasteiger partial charge in [0.15, 0.2) is 0 Å². The quantitative estimate of drug-likeness (QED) is 0.834. The molecule has 2 fully saturated rings. The number of hydrogen-bond acceptors (Lipinski definition) is 3. The number of hydrogen-bond donors (Lipinski definition) is 0. The van der Waals surface area contributed by atoms with Crippen molar-refractivity contribution in [1.29, 1.82) is 0 Å². The summed E-state index contributed by atoms with van der Waals surface area (Å²) < 4.78 is 1.87. The van der Waals surface area contributed by atoms with Crippen molar-refractivity contribution < 1.29 is 9.59 Å². The van der Waals surface area contributed by atoms with E-state index in [1.54, 1.807) is 0 Å². The largest absolute Gasteiger partial charge is 0.339 e. The Morgan fingerprint density at radius 3 is 2.22 bits per heavy atom. The van der Waals surface area contributed by atoms with Crippen molar-refractivity contribution in [3.63, 3.8) is 0 Å². The van der Waals surface area contributed by atoms with E-state index in [0.29, 0.717) is 38.5 Å². The van der Waals surface area contributed by atoms with Crippen LogP contribution in [0.15, 0.2) is 0 Å². The third-order valence-electron chi connectivity index (χ3n) is 5.12. The Hall–Kier alpha value is -1.85. The van der Waals surface area contributed by atoms with Crippen LogP contribution >= 0.6 is 0 Å². The summed E-state index contributed by atoms with van der Waals surface area (Å²) in [5, 5.41) is 4.40. The summed E-state index contributed by atoms with van der Waals surface area (Å²) in [6, 6.07) is 0. The first-order chi connectivity index (χ1) is 11.0. The van der Waals surface area contributed by atoms with Crippen LogP contribution in [0.2, 0.25) is 0 Å². The molecule has 1 aromatic heterocycles. The van der Waals surface area contributed by atoms with Crippen LogP contribution in [0, 0.1) is 19.8 Å². The molecule has 2 heterocycles. The third-order valence-corrected chi connectivity index (χ3v) is 5.12. The molecule has 0 radical (unpaired) electrons. The smallest absolute Gasteiger partial charge is 0.225 e. The fourth-order valence-corrected chi connectivity index (χ4v) is 3.33. The average molecular weight is 318 g/mol. The van der Waals surface area contributed by atoms with E-state index in [1.807, 2.05) is 35.4 Å². The Labute approximate surface area is 137 Å². The summed E-state index contributed by atoms with van der Waals surface area (Å²) in [5.74, 6) is 0.749. The third kappa shape index (κ3) is 3.41. The molecular formula is C17H26N4O2. The van der Waals surface area contributed by atoms with Gasteiger partial charge in [-0.2, -0.15) is 5.10 Å². The second-order valence-corrected chi connectivity index (χ2v) is 6.75. The van der Waals surface area contributed by atoms with Crippen LogP contribution in [-0.4, -0.2) is 57.6 Å². The Bertz CT molecular complexity index is 610. The maximum absolute atomic E-state index is 12.4. The number of piperazine rings is 1. The molecule has 3 rings (SSSR count). The van der Waals surface area contributed by atoms with E-state index < -0.39 is 0 Å². The molecule has 0 spiro atoms. The Morgan fingerprint density at radius 1 is 1.09 bits per heavy atom. The fraction of sp³-hybridized carbons (Fsp3) is 0.706. The van der Waals surface area contributed by atoms with Gasteiger partial charge < -0.3 is 9.80 Å². The second-order valence-electron chi connectivity index (χ2n) is 6.75. The molecule has 6 heteroatoms. The normalized spacial score (nSPS) is 18.4. The van der Waals surface area contributed by atoms with E-state index in [9.17, 15) is 9.59 Å². The van der Waals surface area contributed by atoms with Gasteiger partial charge in [-0.3, -0.25) is 14.3 Å². The lowest BCUT2D eigenvalue weighted by atomic mass is 10.1. The number of amides is 2. The second kappa shape index (κ2) is 6.34. The van der Waals surface area contributed by atoms with E-state index in [1.165, 1.54) is 5.56 Å². The molecule has 6 nitrogen and oxygen atoms in total. The summed E-state index contributed by atoms with van der Waals surface area (Å²) in [6.45, 7) is 6.75. The standard InChI is InChI=1S/C17H26N4O2/c1-12-15(13(2)19(3)18-12)6-7-16(22)20-8-10-21(11-9-20)17(23)14-4-5-14/h14H,4-11H2,1-3H3. The summed E-state index contributed by atoms with van der Waals surface area (Å²) >= 11 is 0. The molecule has 1 saturated carbocycles. The first-order valence-electron chi connectivity index (χ1n) is 8.53. The highest BCUT2D eigenvalue weighted by Gasteiger charge is 2.35. The van der Waals surface area contributed by atoms with Gasteiger partial charge in [0.25, 0.3) is 0 Å². The molecule has 126 valence electrons. The minimum atomic E-state index is 0.186. The molecule has 0 N–H and O–H groups in total. The summed E-state index contributed by atoms with van der Waals surface area (Å²) in [6.07, 6.45) is 3.35. The van der Waals surface area contributed by atoms with Gasteiger partial charge in [-0.25, -0.2) is 0 Å². The minimum absolute atomic E-state index is 0.186. The zero-order chi connectivity index (χ0) is 16.6. The highest BCUT2D eigenvalue weighted by atomic mass is 16.2. The number of carbonyl (C=O) groups excluding carboxylic acids is 2. The van der Waals surface area contributed by atoms with E-state index in [2.05, 4.69) is 5.10 Å². The molecule has 23 heavy (non-hydrogen) atoms. The number of aromatic nitrogens is 2. The molecule has 1 aliphatic heterocycles. The number of aryl methyl sites for hydroxylation is 2. The summed E-state index contributed by atoms with van der Waals surface area (Å²) in [7, 11) is 1.93. The molecule has 1 aliphatic carbocycles. The SMILES string of the molecule is Cc1nn(C)c(C)c1CCC(=O)N1CCN(C(=O)C2CC2)CC1. The van der Waals surface area contributed by atoms with E-state index >= 15 is 0 Å². The van der Waals surface area contributed by atoms with Gasteiger partial charge in [-0.1, -0.05) is 0 Å². The number of nitrogens with zero attached hydrogens (tertiary/aromatic N) is 4. The summed E-state index contributed by atoms with van der Waals surface area (Å²) in [5.41, 5.74) is 3.33. The monoisotopic (exact) mass is 318 g/mol. The zero-order valence-corrected chi connectivity index (χ0v) is 14.3. The van der Waals surface area contributed by atoms with Crippen molar-refractivity contribution in [3.05, 3.63) is 17.0 Å². The van der Waals surface area contributed by atoms with E-state index in [4.69, 9.17) is 0 Å². The van der Waals surface area contributed by atoms with Crippen LogP contribution in [-0.2, 0) is 23.1 Å². The average Bonchev–Trinajstić information content (AvgIpc) is 3.35. The fourth-order valence-electron chi connectivity index (χ4n) is 3.33. The van der Waals surface area contributed by atoms with Crippen molar-refractivity contribution in [2.24, 2.45) is 13.0 Å². The Kier molecular flexibility index (Phi) is 4.41. The first-order valence-corrected chi connectivity index (χ1v) is 8.53. The van der Waals surface area contributed by atoms with Gasteiger partial charge in [-0.15, -0.1) is 0 Å². The zero-order valence-electron chi connectivity index (χ0n) is 14.3. The van der Waals surface area contributed by atoms with Crippen molar-refractivity contribution in [2.75, 3.05) is 26.2 Å².